The van der Waals surface area contributed by atoms with E-state index in [4.69, 9.17) is 0 Å². The molecule has 0 aromatic heterocycles. The normalized spacial score (nSPS) is 23.0. The third-order valence-corrected chi connectivity index (χ3v) is 9.67. The molecule has 4 aliphatic rings. The summed E-state index contributed by atoms with van der Waals surface area (Å²) in [4.78, 5) is 21.7. The molecular weight excluding hydrogens is 496 g/mol. The van der Waals surface area contributed by atoms with E-state index < -0.39 is 21.3 Å². The molecule has 1 amide bonds. The minimum absolute atomic E-state index is 0.0345. The number of nitrogens with one attached hydrogen (secondary N) is 1. The molecule has 0 bridgehead atoms. The highest BCUT2D eigenvalue weighted by Crippen LogP contribution is 2.37. The Morgan fingerprint density at radius 1 is 0.921 bits per heavy atom. The van der Waals surface area contributed by atoms with Gasteiger partial charge in [-0.15, -0.1) is 0 Å². The first-order valence-corrected chi connectivity index (χ1v) is 14.9. The second-order valence-electron chi connectivity index (χ2n) is 10.3. The maximum Gasteiger partial charge on any atom is 0.253 e. The number of carbonyl (C=O) groups is 1. The number of fused-ring (bicyclic) bond motifs is 1. The van der Waals surface area contributed by atoms with E-state index in [1.54, 1.807) is 48.7 Å². The van der Waals surface area contributed by atoms with E-state index in [2.05, 4.69) is 38.9 Å². The molecule has 1 N–H and O–H groups in total. The van der Waals surface area contributed by atoms with Crippen molar-refractivity contribution in [2.75, 3.05) is 35.8 Å². The molecule has 2 aliphatic heterocycles. The van der Waals surface area contributed by atoms with Gasteiger partial charge in [-0.1, -0.05) is 42.9 Å². The van der Waals surface area contributed by atoms with Crippen LogP contribution in [-0.4, -0.2) is 62.9 Å². The number of aliphatic imine (C=N–C) groups is 1. The fourth-order valence-corrected chi connectivity index (χ4v) is 6.99. The van der Waals surface area contributed by atoms with E-state index >= 15 is 0 Å². The van der Waals surface area contributed by atoms with Crippen molar-refractivity contribution in [3.8, 4) is 0 Å². The summed E-state index contributed by atoms with van der Waals surface area (Å²) in [7, 11) is -3.72. The van der Waals surface area contributed by atoms with Crippen molar-refractivity contribution in [1.29, 1.82) is 0 Å². The van der Waals surface area contributed by atoms with Crippen molar-refractivity contribution < 1.29 is 13.2 Å². The summed E-state index contributed by atoms with van der Waals surface area (Å²) in [5.41, 5.74) is 4.50. The van der Waals surface area contributed by atoms with Gasteiger partial charge in [0.1, 0.15) is 5.25 Å². The SMILES string of the molecule is O=C(c1ccc(NS(=O)(=O)C2C=CC=C3C=CC=NC32)cc1)N1CCN(c2ccc(C3CCC3)cc2)CC1. The maximum absolute atomic E-state index is 13.1. The number of piperazine rings is 1. The van der Waals surface area contributed by atoms with Gasteiger partial charge in [0.2, 0.25) is 10.0 Å². The number of rotatable bonds is 6. The van der Waals surface area contributed by atoms with Crippen LogP contribution in [0.5, 0.6) is 0 Å². The Labute approximate surface area is 224 Å². The zero-order valence-corrected chi connectivity index (χ0v) is 22.1. The molecule has 7 nitrogen and oxygen atoms in total. The van der Waals surface area contributed by atoms with Crippen molar-refractivity contribution in [1.82, 2.24) is 4.90 Å². The van der Waals surface area contributed by atoms with Gasteiger partial charge < -0.3 is 9.80 Å². The Morgan fingerprint density at radius 3 is 2.34 bits per heavy atom. The molecule has 0 spiro atoms. The number of benzene rings is 2. The third-order valence-electron chi connectivity index (χ3n) is 8.02. The van der Waals surface area contributed by atoms with E-state index in [9.17, 15) is 13.2 Å². The summed E-state index contributed by atoms with van der Waals surface area (Å²) in [5.74, 6) is 0.700. The second-order valence-corrected chi connectivity index (χ2v) is 12.2. The number of allylic oxidation sites excluding steroid dienone is 3. The monoisotopic (exact) mass is 528 g/mol. The van der Waals surface area contributed by atoms with Crippen molar-refractivity contribution >= 4 is 33.5 Å². The highest BCUT2D eigenvalue weighted by atomic mass is 32.2. The van der Waals surface area contributed by atoms with E-state index in [1.165, 1.54) is 30.5 Å². The van der Waals surface area contributed by atoms with Crippen LogP contribution in [0.4, 0.5) is 11.4 Å². The van der Waals surface area contributed by atoms with E-state index in [-0.39, 0.29) is 5.91 Å². The standard InChI is InChI=1S/C30H32N4O3S/c35-30(34-20-18-33(19-21-34)27-15-11-23(12-16-27)22-4-1-5-22)25-9-13-26(14-10-25)32-38(36,37)28-8-2-6-24-7-3-17-31-29(24)28/h2-3,6-17,22,28-29,32H,1,4-5,18-21H2. The topological polar surface area (TPSA) is 82.1 Å². The number of amides is 1. The van der Waals surface area contributed by atoms with E-state index in [1.807, 2.05) is 17.1 Å². The van der Waals surface area contributed by atoms with Crippen LogP contribution in [0, 0.1) is 0 Å². The number of anilines is 2. The number of nitrogens with zero attached hydrogens (tertiary/aromatic N) is 3. The van der Waals surface area contributed by atoms with Gasteiger partial charge in [0.15, 0.2) is 0 Å². The van der Waals surface area contributed by atoms with Gasteiger partial charge in [-0.2, -0.15) is 0 Å². The predicted octanol–water partition coefficient (Wildman–Crippen LogP) is 4.53. The number of carbonyl (C=O) groups excluding carboxylic acids is 1. The van der Waals surface area contributed by atoms with Crippen molar-refractivity contribution in [2.24, 2.45) is 4.99 Å². The number of sulfonamides is 1. The number of hydrogen-bond donors (Lipinski definition) is 1. The molecule has 1 saturated heterocycles. The molecule has 8 heteroatoms. The lowest BCUT2D eigenvalue weighted by atomic mass is 9.80. The zero-order chi connectivity index (χ0) is 26.1. The summed E-state index contributed by atoms with van der Waals surface area (Å²) in [6, 6.07) is 15.2. The minimum atomic E-state index is -3.72. The molecule has 2 atom stereocenters. The lowest BCUT2D eigenvalue weighted by Gasteiger charge is -2.36. The van der Waals surface area contributed by atoms with E-state index in [0.29, 0.717) is 24.3 Å². The van der Waals surface area contributed by atoms with Crippen molar-refractivity contribution in [3.05, 3.63) is 95.6 Å². The lowest BCUT2D eigenvalue weighted by Crippen LogP contribution is -2.48. The average Bonchev–Trinajstić information content (AvgIpc) is 2.92. The fraction of sp³-hybridized carbons (Fsp3) is 0.333. The van der Waals surface area contributed by atoms with Gasteiger partial charge >= 0.3 is 0 Å². The molecule has 6 rings (SSSR count). The maximum atomic E-state index is 13.1. The average molecular weight is 529 g/mol. The highest BCUT2D eigenvalue weighted by Gasteiger charge is 2.35. The Hall–Kier alpha value is -3.65. The van der Waals surface area contributed by atoms with Gasteiger partial charge in [0, 0.05) is 49.3 Å². The first-order valence-electron chi connectivity index (χ1n) is 13.3. The van der Waals surface area contributed by atoms with Crippen LogP contribution >= 0.6 is 0 Å². The zero-order valence-electron chi connectivity index (χ0n) is 21.2. The van der Waals surface area contributed by atoms with Crippen molar-refractivity contribution in [3.63, 3.8) is 0 Å². The largest absolute Gasteiger partial charge is 0.368 e. The molecule has 0 radical (unpaired) electrons. The molecule has 1 saturated carbocycles. The summed E-state index contributed by atoms with van der Waals surface area (Å²) in [6.07, 6.45) is 14.6. The summed E-state index contributed by atoms with van der Waals surface area (Å²) >= 11 is 0. The van der Waals surface area contributed by atoms with Crippen molar-refractivity contribution in [2.45, 2.75) is 36.5 Å². The van der Waals surface area contributed by atoms with Crippen LogP contribution in [-0.2, 0) is 10.0 Å². The van der Waals surface area contributed by atoms with E-state index in [0.717, 1.165) is 24.6 Å². The molecule has 2 aromatic rings. The molecule has 2 fully saturated rings. The lowest BCUT2D eigenvalue weighted by molar-refractivity contribution is 0.0747. The van der Waals surface area contributed by atoms with Gasteiger partial charge in [-0.25, -0.2) is 8.42 Å². The third kappa shape index (κ3) is 4.92. The van der Waals surface area contributed by atoms with Crippen LogP contribution in [0.25, 0.3) is 0 Å². The summed E-state index contributed by atoms with van der Waals surface area (Å²) in [6.45, 7) is 2.88. The molecule has 2 aromatic carbocycles. The Bertz CT molecular complexity index is 1410. The second kappa shape index (κ2) is 10.3. The smallest absolute Gasteiger partial charge is 0.253 e. The molecule has 2 heterocycles. The first-order chi connectivity index (χ1) is 18.5. The Kier molecular flexibility index (Phi) is 6.66. The summed E-state index contributed by atoms with van der Waals surface area (Å²) in [5, 5.41) is -0.796. The predicted molar refractivity (Wildman–Crippen MR) is 153 cm³/mol. The fourth-order valence-electron chi connectivity index (χ4n) is 5.53. The summed E-state index contributed by atoms with van der Waals surface area (Å²) < 4.78 is 28.9. The molecule has 38 heavy (non-hydrogen) atoms. The molecule has 2 aliphatic carbocycles. The molecular formula is C30H32N4O3S. The first kappa shape index (κ1) is 24.7. The highest BCUT2D eigenvalue weighted by molar-refractivity contribution is 7.93. The Morgan fingerprint density at radius 2 is 1.66 bits per heavy atom. The molecule has 196 valence electrons. The Balaban J connectivity index is 1.05. The molecule has 2 unspecified atom stereocenters. The van der Waals surface area contributed by atoms with Crippen LogP contribution in [0.2, 0.25) is 0 Å². The van der Waals surface area contributed by atoms with Crippen LogP contribution < -0.4 is 9.62 Å². The number of hydrogen-bond acceptors (Lipinski definition) is 5. The van der Waals surface area contributed by atoms with Gasteiger partial charge in [0.25, 0.3) is 5.91 Å². The quantitative estimate of drug-likeness (QED) is 0.597. The van der Waals surface area contributed by atoms with Crippen LogP contribution in [0.3, 0.4) is 0 Å². The van der Waals surface area contributed by atoms with Gasteiger partial charge in [-0.05, 0) is 72.4 Å². The van der Waals surface area contributed by atoms with Gasteiger partial charge in [-0.3, -0.25) is 14.5 Å². The van der Waals surface area contributed by atoms with Crippen LogP contribution in [0.1, 0.15) is 41.1 Å². The van der Waals surface area contributed by atoms with Crippen LogP contribution in [0.15, 0.2) is 89.5 Å². The van der Waals surface area contributed by atoms with Gasteiger partial charge in [0.05, 0.1) is 6.04 Å². The number of dihydropyridines is 1. The minimum Gasteiger partial charge on any atom is -0.368 e.